The van der Waals surface area contributed by atoms with Crippen LogP contribution < -0.4 is 14.8 Å². The molecule has 4 nitrogen and oxygen atoms in total. The Morgan fingerprint density at radius 2 is 1.85 bits per heavy atom. The van der Waals surface area contributed by atoms with E-state index in [4.69, 9.17) is 21.7 Å². The number of nitrogens with zero attached hydrogens (tertiary/aromatic N) is 1. The van der Waals surface area contributed by atoms with Crippen LogP contribution >= 0.6 is 12.2 Å². The Labute approximate surface area is 161 Å². The van der Waals surface area contributed by atoms with Crippen molar-refractivity contribution in [1.82, 2.24) is 4.90 Å². The first-order chi connectivity index (χ1) is 12.6. The maximum absolute atomic E-state index is 6.05. The quantitative estimate of drug-likeness (QED) is 0.774. The molecule has 1 heterocycles. The van der Waals surface area contributed by atoms with Crippen LogP contribution in [0.2, 0.25) is 0 Å². The summed E-state index contributed by atoms with van der Waals surface area (Å²) in [4.78, 5) is 2.10. The van der Waals surface area contributed by atoms with Crippen molar-refractivity contribution in [1.29, 1.82) is 0 Å². The Bertz CT molecular complexity index is 746. The van der Waals surface area contributed by atoms with Crippen molar-refractivity contribution >= 4 is 23.0 Å². The van der Waals surface area contributed by atoms with Crippen LogP contribution in [0.4, 0.5) is 5.69 Å². The number of hydrogen-bond donors (Lipinski definition) is 1. The van der Waals surface area contributed by atoms with Gasteiger partial charge in [-0.3, -0.25) is 0 Å². The number of para-hydroxylation sites is 2. The third kappa shape index (κ3) is 4.47. The molecular weight excluding hydrogens is 344 g/mol. The summed E-state index contributed by atoms with van der Waals surface area (Å²) in [5.74, 6) is 2.12. The molecule has 2 aromatic carbocycles. The van der Waals surface area contributed by atoms with Crippen LogP contribution in [0.1, 0.15) is 32.3 Å². The van der Waals surface area contributed by atoms with Crippen LogP contribution in [0.5, 0.6) is 11.5 Å². The molecule has 0 saturated carbocycles. The first-order valence-corrected chi connectivity index (χ1v) is 9.52. The van der Waals surface area contributed by atoms with Crippen LogP contribution in [0.3, 0.4) is 0 Å². The van der Waals surface area contributed by atoms with E-state index < -0.39 is 0 Å². The molecule has 0 aromatic heterocycles. The fourth-order valence-corrected chi connectivity index (χ4v) is 3.23. The number of thiocarbonyl (C=S) groups is 1. The topological polar surface area (TPSA) is 33.7 Å². The Morgan fingerprint density at radius 3 is 2.50 bits per heavy atom. The average Bonchev–Trinajstić information content (AvgIpc) is 2.66. The van der Waals surface area contributed by atoms with Crippen LogP contribution in [0.15, 0.2) is 48.5 Å². The second-order valence-electron chi connectivity index (χ2n) is 6.74. The lowest BCUT2D eigenvalue weighted by molar-refractivity contribution is 0.0754. The molecule has 0 amide bonds. The molecule has 1 N–H and O–H groups in total. The van der Waals surface area contributed by atoms with E-state index >= 15 is 0 Å². The fourth-order valence-electron chi connectivity index (χ4n) is 2.91. The normalized spacial score (nSPS) is 15.6. The molecular formula is C21H26N2O2S. The molecule has 3 rings (SSSR count). The zero-order valence-electron chi connectivity index (χ0n) is 15.6. The first kappa shape index (κ1) is 18.5. The van der Waals surface area contributed by atoms with Gasteiger partial charge in [-0.05, 0) is 54.9 Å². The predicted molar refractivity (Wildman–Crippen MR) is 110 cm³/mol. The number of rotatable bonds is 5. The van der Waals surface area contributed by atoms with E-state index in [1.807, 2.05) is 24.3 Å². The van der Waals surface area contributed by atoms with Gasteiger partial charge in [0.05, 0.1) is 6.54 Å². The molecule has 0 radical (unpaired) electrons. The highest BCUT2D eigenvalue weighted by atomic mass is 32.1. The standard InChI is InChI=1S/C21H26N2O2S/c1-4-23(13-18-14-24-19-7-5-6-8-20(19)25-18)21(26)22-17-11-9-16(10-12-17)15(2)3/h5-12,15,18H,4,13-14H2,1-3H3,(H,22,26). The van der Waals surface area contributed by atoms with Gasteiger partial charge in [0, 0.05) is 12.2 Å². The van der Waals surface area contributed by atoms with Gasteiger partial charge in [0.25, 0.3) is 0 Å². The lowest BCUT2D eigenvalue weighted by atomic mass is 10.0. The highest BCUT2D eigenvalue weighted by Gasteiger charge is 2.23. The number of ether oxygens (including phenoxy) is 2. The number of likely N-dealkylation sites (N-methyl/N-ethyl adjacent to an activating group) is 1. The van der Waals surface area contributed by atoms with Gasteiger partial charge >= 0.3 is 0 Å². The second-order valence-corrected chi connectivity index (χ2v) is 7.13. The molecule has 2 aromatic rings. The molecule has 138 valence electrons. The molecule has 0 fully saturated rings. The summed E-state index contributed by atoms with van der Waals surface area (Å²) in [6, 6.07) is 16.2. The SMILES string of the molecule is CCN(CC1COc2ccccc2O1)C(=S)Nc1ccc(C(C)C)cc1. The number of benzene rings is 2. The minimum Gasteiger partial charge on any atom is -0.486 e. The van der Waals surface area contributed by atoms with E-state index in [2.05, 4.69) is 55.3 Å². The third-order valence-corrected chi connectivity index (χ3v) is 4.85. The summed E-state index contributed by atoms with van der Waals surface area (Å²) in [7, 11) is 0. The Morgan fingerprint density at radius 1 is 1.15 bits per heavy atom. The van der Waals surface area contributed by atoms with Crippen LogP contribution in [0.25, 0.3) is 0 Å². The highest BCUT2D eigenvalue weighted by Crippen LogP contribution is 2.31. The van der Waals surface area contributed by atoms with Gasteiger partial charge in [0.15, 0.2) is 22.7 Å². The Hall–Kier alpha value is -2.27. The molecule has 1 atom stereocenters. The summed E-state index contributed by atoms with van der Waals surface area (Å²) in [5.41, 5.74) is 2.32. The first-order valence-electron chi connectivity index (χ1n) is 9.11. The lowest BCUT2D eigenvalue weighted by Gasteiger charge is -2.32. The summed E-state index contributed by atoms with van der Waals surface area (Å²) < 4.78 is 11.9. The van der Waals surface area contributed by atoms with Crippen LogP contribution in [0, 0.1) is 0 Å². The number of fused-ring (bicyclic) bond motifs is 1. The smallest absolute Gasteiger partial charge is 0.173 e. The van der Waals surface area contributed by atoms with Crippen molar-refractivity contribution < 1.29 is 9.47 Å². The second kappa shape index (κ2) is 8.41. The van der Waals surface area contributed by atoms with E-state index in [1.165, 1.54) is 5.56 Å². The van der Waals surface area contributed by atoms with Gasteiger partial charge in [0.1, 0.15) is 6.61 Å². The summed E-state index contributed by atoms with van der Waals surface area (Å²) in [6.07, 6.45) is -0.0482. The molecule has 1 aliphatic heterocycles. The Balaban J connectivity index is 1.59. The monoisotopic (exact) mass is 370 g/mol. The van der Waals surface area contributed by atoms with Crippen molar-refractivity contribution in [3.05, 3.63) is 54.1 Å². The zero-order valence-corrected chi connectivity index (χ0v) is 16.4. The van der Waals surface area contributed by atoms with E-state index in [0.29, 0.717) is 24.2 Å². The molecule has 1 unspecified atom stereocenters. The lowest BCUT2D eigenvalue weighted by Crippen LogP contribution is -2.45. The van der Waals surface area contributed by atoms with Crippen LogP contribution in [-0.4, -0.2) is 35.8 Å². The third-order valence-electron chi connectivity index (χ3n) is 4.49. The minimum atomic E-state index is -0.0482. The van der Waals surface area contributed by atoms with E-state index in [1.54, 1.807) is 0 Å². The van der Waals surface area contributed by atoms with Gasteiger partial charge in [-0.25, -0.2) is 0 Å². The van der Waals surface area contributed by atoms with Gasteiger partial charge in [-0.2, -0.15) is 0 Å². The van der Waals surface area contributed by atoms with Crippen molar-refractivity contribution in [3.63, 3.8) is 0 Å². The highest BCUT2D eigenvalue weighted by molar-refractivity contribution is 7.80. The van der Waals surface area contributed by atoms with Crippen molar-refractivity contribution in [2.75, 3.05) is 25.0 Å². The average molecular weight is 371 g/mol. The van der Waals surface area contributed by atoms with E-state index in [0.717, 1.165) is 23.7 Å². The number of hydrogen-bond acceptors (Lipinski definition) is 3. The molecule has 0 aliphatic carbocycles. The van der Waals surface area contributed by atoms with Crippen LogP contribution in [-0.2, 0) is 0 Å². The summed E-state index contributed by atoms with van der Waals surface area (Å²) >= 11 is 5.61. The fraction of sp³-hybridized carbons (Fsp3) is 0.381. The molecule has 0 saturated heterocycles. The molecule has 0 bridgehead atoms. The van der Waals surface area contributed by atoms with Crippen molar-refractivity contribution in [3.8, 4) is 11.5 Å². The summed E-state index contributed by atoms with van der Waals surface area (Å²) in [6.45, 7) is 8.48. The molecule has 1 aliphatic rings. The largest absolute Gasteiger partial charge is 0.486 e. The van der Waals surface area contributed by atoms with E-state index in [-0.39, 0.29) is 6.10 Å². The molecule has 0 spiro atoms. The maximum atomic E-state index is 6.05. The predicted octanol–water partition coefficient (Wildman–Crippen LogP) is 4.67. The summed E-state index contributed by atoms with van der Waals surface area (Å²) in [5, 5.41) is 4.03. The van der Waals surface area contributed by atoms with Crippen molar-refractivity contribution in [2.45, 2.75) is 32.8 Å². The molecule has 26 heavy (non-hydrogen) atoms. The van der Waals surface area contributed by atoms with Gasteiger partial charge in [0.2, 0.25) is 0 Å². The van der Waals surface area contributed by atoms with E-state index in [9.17, 15) is 0 Å². The number of anilines is 1. The maximum Gasteiger partial charge on any atom is 0.173 e. The van der Waals surface area contributed by atoms with Gasteiger partial charge in [-0.15, -0.1) is 0 Å². The van der Waals surface area contributed by atoms with Crippen molar-refractivity contribution in [2.24, 2.45) is 0 Å². The van der Waals surface area contributed by atoms with Gasteiger partial charge in [-0.1, -0.05) is 38.1 Å². The minimum absolute atomic E-state index is 0.0482. The Kier molecular flexibility index (Phi) is 5.99. The number of nitrogens with one attached hydrogen (secondary N) is 1. The van der Waals surface area contributed by atoms with Gasteiger partial charge < -0.3 is 19.7 Å². The molecule has 5 heteroatoms. The zero-order chi connectivity index (χ0) is 18.5.